The zero-order valence-electron chi connectivity index (χ0n) is 15.5. The molecule has 4 rings (SSSR count). The summed E-state index contributed by atoms with van der Waals surface area (Å²) in [5, 5.41) is 11.8. The van der Waals surface area contributed by atoms with E-state index >= 15 is 0 Å². The molecule has 0 aliphatic carbocycles. The third kappa shape index (κ3) is 3.69. The van der Waals surface area contributed by atoms with Gasteiger partial charge in [0.15, 0.2) is 12.0 Å². The minimum absolute atomic E-state index is 0.0417. The predicted molar refractivity (Wildman–Crippen MR) is 102 cm³/mol. The number of carbonyl (C=O) groups is 2. The van der Waals surface area contributed by atoms with Crippen molar-refractivity contribution >= 4 is 17.6 Å². The predicted octanol–water partition coefficient (Wildman–Crippen LogP) is 1.71. The molecule has 2 fully saturated rings. The van der Waals surface area contributed by atoms with E-state index < -0.39 is 0 Å². The summed E-state index contributed by atoms with van der Waals surface area (Å²) in [7, 11) is 0. The molecule has 0 saturated carbocycles. The first-order valence-electron chi connectivity index (χ1n) is 9.47. The first kappa shape index (κ1) is 18.0. The summed E-state index contributed by atoms with van der Waals surface area (Å²) >= 11 is 0. The fourth-order valence-corrected chi connectivity index (χ4v) is 3.83. The van der Waals surface area contributed by atoms with Crippen LogP contribution in [0.4, 0.5) is 5.82 Å². The number of rotatable bonds is 4. The largest absolute Gasteiger partial charge is 0.336 e. The van der Waals surface area contributed by atoms with E-state index in [0.29, 0.717) is 44.0 Å². The lowest BCUT2D eigenvalue weighted by Gasteiger charge is -2.17. The van der Waals surface area contributed by atoms with E-state index in [9.17, 15) is 9.59 Å². The summed E-state index contributed by atoms with van der Waals surface area (Å²) in [5.74, 6) is 0.263. The number of anilines is 1. The van der Waals surface area contributed by atoms with Crippen molar-refractivity contribution in [1.82, 2.24) is 19.4 Å². The van der Waals surface area contributed by atoms with Gasteiger partial charge in [0.1, 0.15) is 0 Å². The molecule has 1 aromatic heterocycles. The molecule has 1 aromatic carbocycles. The highest BCUT2D eigenvalue weighted by atomic mass is 16.2. The van der Waals surface area contributed by atoms with Crippen molar-refractivity contribution in [3.63, 3.8) is 0 Å². The van der Waals surface area contributed by atoms with E-state index in [1.165, 1.54) is 0 Å². The van der Waals surface area contributed by atoms with Crippen LogP contribution in [0.25, 0.3) is 0 Å². The Morgan fingerprint density at radius 1 is 1.14 bits per heavy atom. The van der Waals surface area contributed by atoms with Crippen molar-refractivity contribution in [2.75, 3.05) is 31.5 Å². The SMILES string of the molecule is N#CN1CCC(C(=O)Nc2cn([C@H]3CCN(C(=O)c4ccccc4)C3)cn2)C1. The van der Waals surface area contributed by atoms with Gasteiger partial charge < -0.3 is 19.7 Å². The van der Waals surface area contributed by atoms with Crippen LogP contribution < -0.4 is 5.32 Å². The van der Waals surface area contributed by atoms with Crippen LogP contribution in [-0.4, -0.2) is 57.3 Å². The van der Waals surface area contributed by atoms with Crippen LogP contribution in [0, 0.1) is 17.4 Å². The molecule has 0 radical (unpaired) electrons. The van der Waals surface area contributed by atoms with E-state index in [0.717, 1.165) is 6.42 Å². The molecular formula is C20H22N6O2. The molecule has 2 aromatic rings. The number of nitrogens with one attached hydrogen (secondary N) is 1. The Balaban J connectivity index is 1.34. The molecule has 1 N–H and O–H groups in total. The van der Waals surface area contributed by atoms with Gasteiger partial charge in [-0.1, -0.05) is 18.2 Å². The number of nitriles is 1. The van der Waals surface area contributed by atoms with Gasteiger partial charge in [0.25, 0.3) is 5.91 Å². The number of aromatic nitrogens is 2. The van der Waals surface area contributed by atoms with Crippen molar-refractivity contribution in [1.29, 1.82) is 5.26 Å². The van der Waals surface area contributed by atoms with E-state index in [1.54, 1.807) is 11.2 Å². The fourth-order valence-electron chi connectivity index (χ4n) is 3.83. The first-order chi connectivity index (χ1) is 13.6. The van der Waals surface area contributed by atoms with Gasteiger partial charge in [-0.25, -0.2) is 4.98 Å². The van der Waals surface area contributed by atoms with Gasteiger partial charge >= 0.3 is 0 Å². The Morgan fingerprint density at radius 3 is 2.71 bits per heavy atom. The van der Waals surface area contributed by atoms with E-state index in [1.807, 2.05) is 46.0 Å². The van der Waals surface area contributed by atoms with Gasteiger partial charge in [-0.05, 0) is 25.0 Å². The van der Waals surface area contributed by atoms with Crippen LogP contribution in [0.2, 0.25) is 0 Å². The van der Waals surface area contributed by atoms with Crippen LogP contribution in [0.5, 0.6) is 0 Å². The zero-order chi connectivity index (χ0) is 19.5. The molecule has 1 unspecified atom stereocenters. The zero-order valence-corrected chi connectivity index (χ0v) is 15.5. The number of carbonyl (C=O) groups excluding carboxylic acids is 2. The second kappa shape index (κ2) is 7.72. The molecule has 2 saturated heterocycles. The number of benzene rings is 1. The highest BCUT2D eigenvalue weighted by Crippen LogP contribution is 2.24. The molecule has 2 aliphatic heterocycles. The normalized spacial score (nSPS) is 21.5. The maximum atomic E-state index is 12.6. The van der Waals surface area contributed by atoms with Gasteiger partial charge in [-0.3, -0.25) is 9.59 Å². The van der Waals surface area contributed by atoms with E-state index in [4.69, 9.17) is 5.26 Å². The van der Waals surface area contributed by atoms with Gasteiger partial charge in [-0.15, -0.1) is 0 Å². The smallest absolute Gasteiger partial charge is 0.253 e. The summed E-state index contributed by atoms with van der Waals surface area (Å²) in [5.41, 5.74) is 0.699. The number of hydrogen-bond donors (Lipinski definition) is 1. The number of likely N-dealkylation sites (tertiary alicyclic amines) is 2. The molecule has 8 nitrogen and oxygen atoms in total. The van der Waals surface area contributed by atoms with E-state index in [-0.39, 0.29) is 23.8 Å². The number of imidazole rings is 1. The number of amides is 2. The Bertz CT molecular complexity index is 903. The fraction of sp³-hybridized carbons (Fsp3) is 0.400. The average molecular weight is 378 g/mol. The summed E-state index contributed by atoms with van der Waals surface area (Å²) in [4.78, 5) is 32.7. The topological polar surface area (TPSA) is 94.3 Å². The lowest BCUT2D eigenvalue weighted by atomic mass is 10.1. The molecule has 2 amide bonds. The Hall–Kier alpha value is -3.34. The molecule has 2 aliphatic rings. The van der Waals surface area contributed by atoms with Gasteiger partial charge in [-0.2, -0.15) is 5.26 Å². The molecule has 144 valence electrons. The first-order valence-corrected chi connectivity index (χ1v) is 9.47. The molecule has 3 heterocycles. The summed E-state index contributed by atoms with van der Waals surface area (Å²) < 4.78 is 1.96. The third-order valence-electron chi connectivity index (χ3n) is 5.45. The van der Waals surface area contributed by atoms with Crippen LogP contribution in [0.15, 0.2) is 42.9 Å². The van der Waals surface area contributed by atoms with Crippen molar-refractivity contribution < 1.29 is 9.59 Å². The molecule has 2 atom stereocenters. The van der Waals surface area contributed by atoms with Crippen LogP contribution in [0.1, 0.15) is 29.2 Å². The minimum atomic E-state index is -0.185. The van der Waals surface area contributed by atoms with Crippen molar-refractivity contribution in [2.24, 2.45) is 5.92 Å². The minimum Gasteiger partial charge on any atom is -0.336 e. The second-order valence-corrected chi connectivity index (χ2v) is 7.29. The molecular weight excluding hydrogens is 356 g/mol. The van der Waals surface area contributed by atoms with Crippen LogP contribution >= 0.6 is 0 Å². The van der Waals surface area contributed by atoms with E-state index in [2.05, 4.69) is 16.5 Å². The summed E-state index contributed by atoms with van der Waals surface area (Å²) in [6.45, 7) is 2.40. The van der Waals surface area contributed by atoms with Crippen molar-refractivity contribution in [3.8, 4) is 6.19 Å². The lowest BCUT2D eigenvalue weighted by Crippen LogP contribution is -2.29. The lowest BCUT2D eigenvalue weighted by molar-refractivity contribution is -0.119. The highest BCUT2D eigenvalue weighted by Gasteiger charge is 2.30. The number of hydrogen-bond acceptors (Lipinski definition) is 5. The third-order valence-corrected chi connectivity index (χ3v) is 5.45. The summed E-state index contributed by atoms with van der Waals surface area (Å²) in [6.07, 6.45) is 7.13. The molecule has 8 heteroatoms. The maximum absolute atomic E-state index is 12.6. The monoisotopic (exact) mass is 378 g/mol. The standard InChI is InChI=1S/C20H22N6O2/c21-13-24-8-6-16(10-24)19(27)23-18-12-26(14-22-18)17-7-9-25(11-17)20(28)15-4-2-1-3-5-15/h1-5,12,14,16-17H,6-11H2,(H,23,27)/t16?,17-/m0/s1. The molecule has 0 spiro atoms. The second-order valence-electron chi connectivity index (χ2n) is 7.29. The van der Waals surface area contributed by atoms with Crippen LogP contribution in [0.3, 0.4) is 0 Å². The molecule has 0 bridgehead atoms. The Labute approximate surface area is 163 Å². The van der Waals surface area contributed by atoms with Gasteiger partial charge in [0.2, 0.25) is 5.91 Å². The summed E-state index contributed by atoms with van der Waals surface area (Å²) in [6, 6.07) is 9.44. The highest BCUT2D eigenvalue weighted by molar-refractivity contribution is 5.94. The maximum Gasteiger partial charge on any atom is 0.253 e. The number of nitrogens with zero attached hydrogens (tertiary/aromatic N) is 5. The van der Waals surface area contributed by atoms with Crippen LogP contribution in [-0.2, 0) is 4.79 Å². The molecule has 28 heavy (non-hydrogen) atoms. The van der Waals surface area contributed by atoms with Gasteiger partial charge in [0.05, 0.1) is 18.3 Å². The Morgan fingerprint density at radius 2 is 1.96 bits per heavy atom. The van der Waals surface area contributed by atoms with Crippen molar-refractivity contribution in [2.45, 2.75) is 18.9 Å². The van der Waals surface area contributed by atoms with Gasteiger partial charge in [0, 0.05) is 37.9 Å². The Kier molecular flexibility index (Phi) is 4.98. The quantitative estimate of drug-likeness (QED) is 0.818. The average Bonchev–Trinajstić information content (AvgIpc) is 3.47. The van der Waals surface area contributed by atoms with Crippen molar-refractivity contribution in [3.05, 3.63) is 48.4 Å².